The lowest BCUT2D eigenvalue weighted by atomic mass is 10.1. The molecule has 0 aliphatic rings. The fraction of sp³-hybridized carbons (Fsp3) is 0.273. The van der Waals surface area contributed by atoms with Crippen LogP contribution in [0.4, 0.5) is 0 Å². The van der Waals surface area contributed by atoms with Gasteiger partial charge in [0.15, 0.2) is 0 Å². The molecule has 0 aliphatic carbocycles. The van der Waals surface area contributed by atoms with E-state index in [2.05, 4.69) is 9.97 Å². The van der Waals surface area contributed by atoms with Crippen molar-refractivity contribution in [2.75, 3.05) is 0 Å². The normalized spacial score (nSPS) is 12.7. The fourth-order valence-corrected chi connectivity index (χ4v) is 2.01. The minimum atomic E-state index is -0.494. The average molecular weight is 220 g/mol. The second kappa shape index (κ2) is 4.51. The van der Waals surface area contributed by atoms with E-state index in [1.165, 1.54) is 11.3 Å². The smallest absolute Gasteiger partial charge is 0.0953 e. The third-order valence-electron chi connectivity index (χ3n) is 2.28. The molecular weight excluding hydrogens is 208 g/mol. The first-order chi connectivity index (χ1) is 7.27. The summed E-state index contributed by atoms with van der Waals surface area (Å²) in [6.45, 7) is 2.00. The van der Waals surface area contributed by atoms with Crippen LogP contribution in [0.5, 0.6) is 0 Å². The van der Waals surface area contributed by atoms with Gasteiger partial charge in [-0.25, -0.2) is 0 Å². The fourth-order valence-electron chi connectivity index (χ4n) is 1.41. The molecule has 0 fully saturated rings. The van der Waals surface area contributed by atoms with Gasteiger partial charge in [-0.05, 0) is 18.6 Å². The van der Waals surface area contributed by atoms with Crippen LogP contribution in [0.3, 0.4) is 0 Å². The molecule has 1 atom stereocenters. The first kappa shape index (κ1) is 10.3. The lowest BCUT2D eigenvalue weighted by Crippen LogP contribution is -2.03. The van der Waals surface area contributed by atoms with Gasteiger partial charge in [0.25, 0.3) is 0 Å². The second-order valence-electron chi connectivity index (χ2n) is 3.39. The molecule has 0 aliphatic heterocycles. The number of aliphatic hydroxyl groups excluding tert-OH is 1. The molecule has 0 bridgehead atoms. The quantitative estimate of drug-likeness (QED) is 0.861. The Balaban J connectivity index is 2.13. The summed E-state index contributed by atoms with van der Waals surface area (Å²) in [6, 6.07) is 3.90. The summed E-state index contributed by atoms with van der Waals surface area (Å²) in [5.74, 6) is 0. The van der Waals surface area contributed by atoms with Gasteiger partial charge in [-0.3, -0.25) is 9.97 Å². The number of aromatic nitrogens is 2. The topological polar surface area (TPSA) is 46.0 Å². The highest BCUT2D eigenvalue weighted by atomic mass is 32.1. The molecule has 0 spiro atoms. The van der Waals surface area contributed by atoms with E-state index >= 15 is 0 Å². The summed E-state index contributed by atoms with van der Waals surface area (Å²) >= 11 is 1.47. The van der Waals surface area contributed by atoms with Crippen LogP contribution in [0, 0.1) is 6.92 Å². The van der Waals surface area contributed by atoms with Crippen LogP contribution in [0.2, 0.25) is 0 Å². The van der Waals surface area contributed by atoms with Gasteiger partial charge in [-0.15, -0.1) is 11.3 Å². The van der Waals surface area contributed by atoms with Crippen molar-refractivity contribution in [3.8, 4) is 0 Å². The predicted octanol–water partition coefficient (Wildman–Crippen LogP) is 2.12. The van der Waals surface area contributed by atoms with Crippen molar-refractivity contribution < 1.29 is 5.11 Å². The van der Waals surface area contributed by atoms with Crippen molar-refractivity contribution in [1.29, 1.82) is 0 Å². The van der Waals surface area contributed by atoms with Crippen molar-refractivity contribution >= 4 is 11.3 Å². The maximum Gasteiger partial charge on any atom is 0.0953 e. The van der Waals surface area contributed by atoms with Gasteiger partial charge in [0.05, 0.1) is 16.5 Å². The van der Waals surface area contributed by atoms with E-state index in [-0.39, 0.29) is 0 Å². The highest BCUT2D eigenvalue weighted by molar-refractivity contribution is 7.09. The predicted molar refractivity (Wildman–Crippen MR) is 59.8 cm³/mol. The highest BCUT2D eigenvalue weighted by Crippen LogP contribution is 2.21. The number of pyridine rings is 1. The van der Waals surface area contributed by atoms with Crippen LogP contribution in [0.1, 0.15) is 22.2 Å². The maximum atomic E-state index is 9.92. The molecule has 78 valence electrons. The molecule has 0 saturated heterocycles. The van der Waals surface area contributed by atoms with Crippen LogP contribution >= 0.6 is 11.3 Å². The number of hydrogen-bond acceptors (Lipinski definition) is 4. The van der Waals surface area contributed by atoms with Crippen LogP contribution in [-0.4, -0.2) is 15.1 Å². The molecule has 4 heteroatoms. The Hall–Kier alpha value is -1.26. The maximum absolute atomic E-state index is 9.92. The molecule has 2 aromatic rings. The summed E-state index contributed by atoms with van der Waals surface area (Å²) in [6.07, 6.45) is 3.51. The number of hydrogen-bond donors (Lipinski definition) is 1. The minimum absolute atomic E-state index is 0.494. The van der Waals surface area contributed by atoms with Crippen LogP contribution in [-0.2, 0) is 6.42 Å². The van der Waals surface area contributed by atoms with Gasteiger partial charge in [0, 0.05) is 24.5 Å². The Bertz CT molecular complexity index is 428. The largest absolute Gasteiger partial charge is 0.387 e. The summed E-state index contributed by atoms with van der Waals surface area (Å²) in [5.41, 5.74) is 3.78. The minimum Gasteiger partial charge on any atom is -0.387 e. The lowest BCUT2D eigenvalue weighted by Gasteiger charge is -2.08. The Kier molecular flexibility index (Phi) is 3.08. The number of aliphatic hydroxyl groups is 1. The van der Waals surface area contributed by atoms with E-state index in [1.54, 1.807) is 17.9 Å². The molecule has 1 N–H and O–H groups in total. The van der Waals surface area contributed by atoms with Crippen molar-refractivity contribution in [1.82, 2.24) is 9.97 Å². The Morgan fingerprint density at radius 3 is 3.07 bits per heavy atom. The molecule has 2 heterocycles. The molecule has 1 unspecified atom stereocenters. The zero-order valence-electron chi connectivity index (χ0n) is 8.42. The number of nitrogens with zero attached hydrogens (tertiary/aromatic N) is 2. The molecule has 15 heavy (non-hydrogen) atoms. The third kappa shape index (κ3) is 2.40. The molecule has 0 amide bonds. The second-order valence-corrected chi connectivity index (χ2v) is 4.31. The van der Waals surface area contributed by atoms with Crippen LogP contribution in [0.25, 0.3) is 0 Å². The van der Waals surface area contributed by atoms with E-state index in [1.807, 2.05) is 19.1 Å². The highest BCUT2D eigenvalue weighted by Gasteiger charge is 2.11. The van der Waals surface area contributed by atoms with Crippen molar-refractivity contribution in [2.24, 2.45) is 0 Å². The Labute approximate surface area is 92.5 Å². The molecule has 0 aromatic carbocycles. The van der Waals surface area contributed by atoms with E-state index in [9.17, 15) is 5.11 Å². The molecular formula is C11H12N2OS. The summed E-state index contributed by atoms with van der Waals surface area (Å²) in [4.78, 5) is 9.09. The van der Waals surface area contributed by atoms with Crippen molar-refractivity contribution in [3.63, 3.8) is 0 Å². The first-order valence-corrected chi connectivity index (χ1v) is 5.62. The molecule has 0 radical (unpaired) electrons. The Morgan fingerprint density at radius 1 is 1.53 bits per heavy atom. The molecule has 3 nitrogen and oxygen atoms in total. The SMILES string of the molecule is Cc1cccnc1CC(O)c1cncs1. The van der Waals surface area contributed by atoms with E-state index in [0.717, 1.165) is 16.1 Å². The first-order valence-electron chi connectivity index (χ1n) is 4.74. The Morgan fingerprint density at radius 2 is 2.40 bits per heavy atom. The van der Waals surface area contributed by atoms with Crippen molar-refractivity contribution in [2.45, 2.75) is 19.4 Å². The van der Waals surface area contributed by atoms with E-state index < -0.39 is 6.10 Å². The van der Waals surface area contributed by atoms with Gasteiger partial charge >= 0.3 is 0 Å². The summed E-state index contributed by atoms with van der Waals surface area (Å²) < 4.78 is 0. The number of aryl methyl sites for hydroxylation is 1. The van der Waals surface area contributed by atoms with Gasteiger partial charge < -0.3 is 5.11 Å². The van der Waals surface area contributed by atoms with E-state index in [4.69, 9.17) is 0 Å². The molecule has 0 saturated carbocycles. The summed E-state index contributed by atoms with van der Waals surface area (Å²) in [7, 11) is 0. The van der Waals surface area contributed by atoms with Crippen molar-refractivity contribution in [3.05, 3.63) is 46.2 Å². The lowest BCUT2D eigenvalue weighted by molar-refractivity contribution is 0.180. The van der Waals surface area contributed by atoms with E-state index in [0.29, 0.717) is 6.42 Å². The number of thiazole rings is 1. The van der Waals surface area contributed by atoms with Gasteiger partial charge in [-0.1, -0.05) is 6.07 Å². The zero-order valence-corrected chi connectivity index (χ0v) is 9.24. The standard InChI is InChI=1S/C11H12N2OS/c1-8-3-2-4-13-9(8)5-10(14)11-6-12-7-15-11/h2-4,6-7,10,14H,5H2,1H3. The van der Waals surface area contributed by atoms with Gasteiger partial charge in [0.2, 0.25) is 0 Å². The number of rotatable bonds is 3. The van der Waals surface area contributed by atoms with Gasteiger partial charge in [0.1, 0.15) is 0 Å². The zero-order chi connectivity index (χ0) is 10.7. The third-order valence-corrected chi connectivity index (χ3v) is 3.16. The average Bonchev–Trinajstić information content (AvgIpc) is 2.74. The molecule has 2 aromatic heterocycles. The van der Waals surface area contributed by atoms with Crippen LogP contribution < -0.4 is 0 Å². The van der Waals surface area contributed by atoms with Crippen LogP contribution in [0.15, 0.2) is 30.0 Å². The summed E-state index contributed by atoms with van der Waals surface area (Å²) in [5, 5.41) is 9.92. The van der Waals surface area contributed by atoms with Gasteiger partial charge in [-0.2, -0.15) is 0 Å². The monoisotopic (exact) mass is 220 g/mol. The molecule has 2 rings (SSSR count).